The highest BCUT2D eigenvalue weighted by atomic mass is 16.7. The number of ether oxygens (including phenoxy) is 3. The highest BCUT2D eigenvalue weighted by Gasteiger charge is 2.33. The Morgan fingerprint density at radius 2 is 1.29 bits per heavy atom. The Morgan fingerprint density at radius 3 is 1.79 bits per heavy atom. The monoisotopic (exact) mass is 344 g/mol. The van der Waals surface area contributed by atoms with Gasteiger partial charge in [-0.25, -0.2) is 0 Å². The van der Waals surface area contributed by atoms with Gasteiger partial charge in [-0.2, -0.15) is 0 Å². The van der Waals surface area contributed by atoms with Crippen LogP contribution in [0.25, 0.3) is 0 Å². The second-order valence-corrected chi connectivity index (χ2v) is 7.41. The average molecular weight is 345 g/mol. The first kappa shape index (κ1) is 21.9. The van der Waals surface area contributed by atoms with Crippen molar-refractivity contribution in [2.24, 2.45) is 5.41 Å². The summed E-state index contributed by atoms with van der Waals surface area (Å²) in [6, 6.07) is 0. The lowest BCUT2D eigenvalue weighted by molar-refractivity contribution is -0.192. The van der Waals surface area contributed by atoms with Crippen molar-refractivity contribution in [3.8, 4) is 0 Å². The fraction of sp³-hybridized carbons (Fsp3) is 1.00. The largest absolute Gasteiger partial charge is 0.396 e. The number of hydrogen-bond donors (Lipinski definition) is 1. The van der Waals surface area contributed by atoms with Gasteiger partial charge in [0.15, 0.2) is 0 Å². The van der Waals surface area contributed by atoms with E-state index in [4.69, 9.17) is 14.2 Å². The third kappa shape index (κ3) is 10.7. The third-order valence-electron chi connectivity index (χ3n) is 4.87. The smallest absolute Gasteiger partial charge is 0.146 e. The van der Waals surface area contributed by atoms with Crippen LogP contribution in [-0.2, 0) is 14.2 Å². The van der Waals surface area contributed by atoms with E-state index in [9.17, 15) is 5.11 Å². The van der Waals surface area contributed by atoms with Crippen molar-refractivity contribution in [3.63, 3.8) is 0 Å². The Balaban J connectivity index is 1.80. The lowest BCUT2D eigenvalue weighted by Crippen LogP contribution is -2.44. The van der Waals surface area contributed by atoms with Crippen LogP contribution in [0.2, 0.25) is 0 Å². The molecule has 4 nitrogen and oxygen atoms in total. The summed E-state index contributed by atoms with van der Waals surface area (Å²) in [6.45, 7) is 5.03. The van der Waals surface area contributed by atoms with Crippen molar-refractivity contribution >= 4 is 0 Å². The number of aliphatic hydroxyl groups is 1. The van der Waals surface area contributed by atoms with Gasteiger partial charge in [0.1, 0.15) is 6.79 Å². The molecule has 0 amide bonds. The molecule has 0 aliphatic carbocycles. The molecule has 0 spiro atoms. The number of aliphatic hydroxyl groups excluding tert-OH is 1. The molecule has 0 unspecified atom stereocenters. The summed E-state index contributed by atoms with van der Waals surface area (Å²) < 4.78 is 16.3. The van der Waals surface area contributed by atoms with Gasteiger partial charge in [0.2, 0.25) is 0 Å². The van der Waals surface area contributed by atoms with E-state index in [2.05, 4.69) is 6.92 Å². The van der Waals surface area contributed by atoms with Crippen molar-refractivity contribution in [3.05, 3.63) is 0 Å². The van der Waals surface area contributed by atoms with Crippen LogP contribution in [0.5, 0.6) is 0 Å². The average Bonchev–Trinajstić information content (AvgIpc) is 2.63. The summed E-state index contributed by atoms with van der Waals surface area (Å²) in [5, 5.41) is 9.51. The van der Waals surface area contributed by atoms with E-state index in [-0.39, 0.29) is 12.0 Å². The minimum Gasteiger partial charge on any atom is -0.396 e. The van der Waals surface area contributed by atoms with E-state index in [1.165, 1.54) is 70.6 Å². The van der Waals surface area contributed by atoms with Crippen LogP contribution in [0.3, 0.4) is 0 Å². The Bertz CT molecular complexity index is 264. The van der Waals surface area contributed by atoms with E-state index in [1.807, 2.05) is 0 Å². The van der Waals surface area contributed by atoms with E-state index < -0.39 is 0 Å². The van der Waals surface area contributed by atoms with Crippen LogP contribution in [0, 0.1) is 5.41 Å². The maximum Gasteiger partial charge on any atom is 0.146 e. The molecule has 0 atom stereocenters. The Kier molecular flexibility index (Phi) is 13.8. The first-order valence-corrected chi connectivity index (χ1v) is 10.2. The number of hydrogen-bond acceptors (Lipinski definition) is 4. The normalized spacial score (nSPS) is 17.2. The van der Waals surface area contributed by atoms with Crippen molar-refractivity contribution in [2.75, 3.05) is 39.8 Å². The Hall–Kier alpha value is -0.160. The summed E-state index contributed by atoms with van der Waals surface area (Å²) in [6.07, 6.45) is 16.3. The lowest BCUT2D eigenvalue weighted by atomic mass is 9.92. The molecule has 1 saturated heterocycles. The van der Waals surface area contributed by atoms with Gasteiger partial charge in [-0.15, -0.1) is 0 Å². The van der Waals surface area contributed by atoms with Crippen LogP contribution < -0.4 is 0 Å². The van der Waals surface area contributed by atoms with Crippen LogP contribution >= 0.6 is 0 Å². The molecule has 1 aliphatic heterocycles. The fourth-order valence-electron chi connectivity index (χ4n) is 3.17. The summed E-state index contributed by atoms with van der Waals surface area (Å²) in [5.41, 5.74) is -0.352. The van der Waals surface area contributed by atoms with Crippen molar-refractivity contribution < 1.29 is 19.3 Å². The van der Waals surface area contributed by atoms with Crippen LogP contribution in [0.15, 0.2) is 0 Å². The fourth-order valence-corrected chi connectivity index (χ4v) is 3.17. The highest BCUT2D eigenvalue weighted by Crippen LogP contribution is 2.22. The molecule has 0 bridgehead atoms. The first-order chi connectivity index (χ1) is 11.8. The van der Waals surface area contributed by atoms with Gasteiger partial charge < -0.3 is 19.3 Å². The zero-order chi connectivity index (χ0) is 17.3. The molecule has 1 aliphatic rings. The maximum atomic E-state index is 9.51. The van der Waals surface area contributed by atoms with Gasteiger partial charge in [0.05, 0.1) is 31.8 Å². The summed E-state index contributed by atoms with van der Waals surface area (Å²) in [5.74, 6) is 0. The summed E-state index contributed by atoms with van der Waals surface area (Å²) in [7, 11) is 0. The predicted molar refractivity (Wildman–Crippen MR) is 98.2 cm³/mol. The molecule has 1 rings (SSSR count). The van der Waals surface area contributed by atoms with Crippen LogP contribution in [-0.4, -0.2) is 44.9 Å². The molecule has 0 saturated carbocycles. The second-order valence-electron chi connectivity index (χ2n) is 7.41. The number of unbranched alkanes of at least 4 members (excludes halogenated alkanes) is 11. The third-order valence-corrected chi connectivity index (χ3v) is 4.87. The van der Waals surface area contributed by atoms with E-state index >= 15 is 0 Å². The van der Waals surface area contributed by atoms with Crippen molar-refractivity contribution in [1.29, 1.82) is 0 Å². The summed E-state index contributed by atoms with van der Waals surface area (Å²) >= 11 is 0. The van der Waals surface area contributed by atoms with Gasteiger partial charge in [-0.3, -0.25) is 0 Å². The second kappa shape index (κ2) is 15.1. The van der Waals surface area contributed by atoms with E-state index in [0.717, 1.165) is 13.0 Å². The molecule has 144 valence electrons. The molecular weight excluding hydrogens is 304 g/mol. The molecule has 1 fully saturated rings. The van der Waals surface area contributed by atoms with Gasteiger partial charge in [0.25, 0.3) is 0 Å². The molecule has 0 aromatic rings. The molecule has 0 aromatic carbocycles. The molecule has 0 radical (unpaired) electrons. The van der Waals surface area contributed by atoms with Gasteiger partial charge in [-0.1, -0.05) is 77.6 Å². The summed E-state index contributed by atoms with van der Waals surface area (Å²) in [4.78, 5) is 0. The van der Waals surface area contributed by atoms with Crippen LogP contribution in [0.1, 0.15) is 84.0 Å². The molecule has 24 heavy (non-hydrogen) atoms. The van der Waals surface area contributed by atoms with E-state index in [0.29, 0.717) is 26.6 Å². The van der Waals surface area contributed by atoms with Gasteiger partial charge in [0, 0.05) is 6.61 Å². The van der Waals surface area contributed by atoms with E-state index in [1.54, 1.807) is 0 Å². The minimum absolute atomic E-state index is 0.0610. The minimum atomic E-state index is -0.352. The van der Waals surface area contributed by atoms with Crippen molar-refractivity contribution in [1.82, 2.24) is 0 Å². The molecule has 0 aromatic heterocycles. The zero-order valence-corrected chi connectivity index (χ0v) is 15.9. The standard InChI is InChI=1S/C20H40O4/c1-2-3-4-5-6-7-8-9-10-11-12-13-14-22-16-20(15-21)17-23-19-24-18-20/h21H,2-19H2,1H3. The Morgan fingerprint density at radius 1 is 0.792 bits per heavy atom. The van der Waals surface area contributed by atoms with Gasteiger partial charge >= 0.3 is 0 Å². The first-order valence-electron chi connectivity index (χ1n) is 10.2. The van der Waals surface area contributed by atoms with Crippen molar-refractivity contribution in [2.45, 2.75) is 84.0 Å². The number of rotatable bonds is 16. The lowest BCUT2D eigenvalue weighted by Gasteiger charge is -2.34. The SMILES string of the molecule is CCCCCCCCCCCCCCOCC1(CO)COCOC1. The maximum absolute atomic E-state index is 9.51. The van der Waals surface area contributed by atoms with Gasteiger partial charge in [-0.05, 0) is 6.42 Å². The molecule has 4 heteroatoms. The Labute approximate surface area is 149 Å². The predicted octanol–water partition coefficient (Wildman–Crippen LogP) is 4.69. The molecular formula is C20H40O4. The molecule has 1 heterocycles. The highest BCUT2D eigenvalue weighted by molar-refractivity contribution is 4.79. The zero-order valence-electron chi connectivity index (χ0n) is 15.9. The van der Waals surface area contributed by atoms with Crippen LogP contribution in [0.4, 0.5) is 0 Å². The quantitative estimate of drug-likeness (QED) is 0.413. The molecule has 1 N–H and O–H groups in total. The topological polar surface area (TPSA) is 47.9 Å².